The van der Waals surface area contributed by atoms with Crippen molar-refractivity contribution >= 4 is 17.7 Å². The minimum Gasteiger partial charge on any atom is -0.444 e. The van der Waals surface area contributed by atoms with Crippen molar-refractivity contribution in [2.45, 2.75) is 46.3 Å². The van der Waals surface area contributed by atoms with Gasteiger partial charge in [0.1, 0.15) is 11.4 Å². The minimum absolute atomic E-state index is 0.410. The summed E-state index contributed by atoms with van der Waals surface area (Å²) >= 11 is 0. The van der Waals surface area contributed by atoms with Gasteiger partial charge in [0.25, 0.3) is 0 Å². The number of aromatic nitrogens is 3. The van der Waals surface area contributed by atoms with E-state index in [2.05, 4.69) is 74.5 Å². The zero-order valence-corrected chi connectivity index (χ0v) is 22.5. The third-order valence-electron chi connectivity index (χ3n) is 5.79. The van der Waals surface area contributed by atoms with Gasteiger partial charge < -0.3 is 20.7 Å². The Morgan fingerprint density at radius 2 is 1.71 bits per heavy atom. The number of carbonyl (C=O) groups is 1. The number of anilines is 2. The summed E-state index contributed by atoms with van der Waals surface area (Å²) in [6, 6.07) is 22.6. The van der Waals surface area contributed by atoms with Crippen LogP contribution in [-0.4, -0.2) is 40.0 Å². The largest absolute Gasteiger partial charge is 0.444 e. The fourth-order valence-electron chi connectivity index (χ4n) is 3.95. The van der Waals surface area contributed by atoms with E-state index in [1.165, 1.54) is 11.1 Å². The van der Waals surface area contributed by atoms with E-state index in [0.29, 0.717) is 26.1 Å². The topological polar surface area (TPSA) is 104 Å². The van der Waals surface area contributed by atoms with Crippen LogP contribution in [0.4, 0.5) is 16.4 Å². The van der Waals surface area contributed by atoms with Gasteiger partial charge in [-0.1, -0.05) is 60.2 Å². The van der Waals surface area contributed by atoms with E-state index in [4.69, 9.17) is 4.74 Å². The monoisotopic (exact) mass is 512 g/mol. The number of ether oxygens (including phenoxy) is 1. The quantitative estimate of drug-likeness (QED) is 0.184. The van der Waals surface area contributed by atoms with Crippen LogP contribution >= 0.6 is 0 Å². The molecule has 4 rings (SSSR count). The second-order valence-electron chi connectivity index (χ2n) is 10.2. The fourth-order valence-corrected chi connectivity index (χ4v) is 3.95. The molecule has 2 aromatic carbocycles. The van der Waals surface area contributed by atoms with Gasteiger partial charge in [-0.2, -0.15) is 5.10 Å². The molecule has 0 spiro atoms. The number of aryl methyl sites for hydroxylation is 1. The van der Waals surface area contributed by atoms with Crippen molar-refractivity contribution < 1.29 is 9.53 Å². The highest BCUT2D eigenvalue weighted by Crippen LogP contribution is 2.36. The normalized spacial score (nSPS) is 11.2. The molecule has 0 bridgehead atoms. The fraction of sp³-hybridized carbons (Fsp3) is 0.300. The molecule has 4 aromatic rings. The van der Waals surface area contributed by atoms with Crippen LogP contribution in [0.3, 0.4) is 0 Å². The molecule has 0 fully saturated rings. The Morgan fingerprint density at radius 1 is 0.947 bits per heavy atom. The van der Waals surface area contributed by atoms with E-state index < -0.39 is 11.7 Å². The number of H-pyrrole nitrogens is 1. The van der Waals surface area contributed by atoms with Crippen molar-refractivity contribution in [2.75, 3.05) is 23.7 Å². The number of pyridine rings is 1. The number of hydrogen-bond donors (Lipinski definition) is 4. The Balaban J connectivity index is 1.50. The third-order valence-corrected chi connectivity index (χ3v) is 5.79. The van der Waals surface area contributed by atoms with Crippen LogP contribution < -0.4 is 16.0 Å². The number of aromatic amines is 1. The Hall–Kier alpha value is -4.33. The maximum Gasteiger partial charge on any atom is 0.407 e. The lowest BCUT2D eigenvalue weighted by atomic mass is 10.0. The molecule has 0 saturated carbocycles. The second kappa shape index (κ2) is 12.3. The van der Waals surface area contributed by atoms with Crippen molar-refractivity contribution in [1.82, 2.24) is 20.5 Å². The number of amides is 1. The van der Waals surface area contributed by atoms with Crippen LogP contribution in [0.25, 0.3) is 22.4 Å². The summed E-state index contributed by atoms with van der Waals surface area (Å²) in [5.41, 5.74) is 5.81. The predicted molar refractivity (Wildman–Crippen MR) is 153 cm³/mol. The van der Waals surface area contributed by atoms with Crippen molar-refractivity contribution in [3.63, 3.8) is 0 Å². The summed E-state index contributed by atoms with van der Waals surface area (Å²) < 4.78 is 5.30. The zero-order valence-electron chi connectivity index (χ0n) is 22.5. The summed E-state index contributed by atoms with van der Waals surface area (Å²) in [6.07, 6.45) is 2.11. The van der Waals surface area contributed by atoms with Crippen molar-refractivity contribution in [3.05, 3.63) is 84.1 Å². The van der Waals surface area contributed by atoms with Gasteiger partial charge in [0.05, 0.1) is 11.3 Å². The first kappa shape index (κ1) is 26.7. The van der Waals surface area contributed by atoms with E-state index in [-0.39, 0.29) is 0 Å². The van der Waals surface area contributed by atoms with Crippen LogP contribution in [0.15, 0.2) is 72.9 Å². The maximum absolute atomic E-state index is 11.9. The minimum atomic E-state index is -0.516. The molecule has 0 aliphatic rings. The van der Waals surface area contributed by atoms with Crippen molar-refractivity contribution in [1.29, 1.82) is 0 Å². The highest BCUT2D eigenvalue weighted by molar-refractivity contribution is 5.89. The molecule has 2 heterocycles. The summed E-state index contributed by atoms with van der Waals surface area (Å²) in [5.74, 6) is 1.54. The maximum atomic E-state index is 11.9. The zero-order chi connectivity index (χ0) is 27.0. The molecule has 0 radical (unpaired) electrons. The smallest absolute Gasteiger partial charge is 0.407 e. The van der Waals surface area contributed by atoms with E-state index in [1.807, 2.05) is 57.3 Å². The Labute approximate surface area is 224 Å². The number of hydrogen-bond acceptors (Lipinski definition) is 6. The van der Waals surface area contributed by atoms with Crippen LogP contribution in [0.1, 0.15) is 38.3 Å². The highest BCUT2D eigenvalue weighted by Gasteiger charge is 2.18. The molecule has 2 aromatic heterocycles. The molecule has 0 unspecified atom stereocenters. The molecule has 8 nitrogen and oxygen atoms in total. The Bertz CT molecular complexity index is 1330. The number of benzene rings is 2. The standard InChI is InChI=1S/C30H36N6O2/c1-21-11-13-23(14-12-21)27-26(24-15-18-31-25(19-24)34-20-22-9-6-5-7-10-22)28(36-35-27)32-16-8-17-33-29(37)38-30(2,3)4/h5-7,9-15,18-19H,8,16-17,20H2,1-4H3,(H,31,34)(H,33,37)(H2,32,35,36). The molecule has 4 N–H and O–H groups in total. The van der Waals surface area contributed by atoms with Gasteiger partial charge in [0.2, 0.25) is 0 Å². The van der Waals surface area contributed by atoms with E-state index >= 15 is 0 Å². The molecule has 0 atom stereocenters. The predicted octanol–water partition coefficient (Wildman–Crippen LogP) is 6.39. The van der Waals surface area contributed by atoms with E-state index in [1.54, 1.807) is 0 Å². The first-order chi connectivity index (χ1) is 18.3. The number of rotatable bonds is 10. The molecule has 0 saturated heterocycles. The molecule has 0 aliphatic heterocycles. The van der Waals surface area contributed by atoms with Gasteiger partial charge in [-0.15, -0.1) is 0 Å². The SMILES string of the molecule is Cc1ccc(-c2[nH]nc(NCCCNC(=O)OC(C)(C)C)c2-c2ccnc(NCc3ccccc3)c2)cc1. The second-order valence-corrected chi connectivity index (χ2v) is 10.2. The summed E-state index contributed by atoms with van der Waals surface area (Å²) in [7, 11) is 0. The van der Waals surface area contributed by atoms with Crippen molar-refractivity contribution in [3.8, 4) is 22.4 Å². The van der Waals surface area contributed by atoms with Gasteiger partial charge in [0, 0.05) is 31.4 Å². The number of nitrogens with one attached hydrogen (secondary N) is 4. The number of nitrogens with zero attached hydrogens (tertiary/aromatic N) is 2. The summed E-state index contributed by atoms with van der Waals surface area (Å²) in [4.78, 5) is 16.4. The molecular formula is C30H36N6O2. The lowest BCUT2D eigenvalue weighted by molar-refractivity contribution is 0.0528. The van der Waals surface area contributed by atoms with Crippen LogP contribution in [-0.2, 0) is 11.3 Å². The van der Waals surface area contributed by atoms with Crippen LogP contribution in [0.5, 0.6) is 0 Å². The van der Waals surface area contributed by atoms with Gasteiger partial charge in [-0.3, -0.25) is 5.10 Å². The van der Waals surface area contributed by atoms with Gasteiger partial charge >= 0.3 is 6.09 Å². The van der Waals surface area contributed by atoms with E-state index in [0.717, 1.165) is 34.0 Å². The molecule has 198 valence electrons. The Kier molecular flexibility index (Phi) is 8.63. The van der Waals surface area contributed by atoms with E-state index in [9.17, 15) is 4.79 Å². The van der Waals surface area contributed by atoms with Gasteiger partial charge in [-0.05, 0) is 57.4 Å². The third kappa shape index (κ3) is 7.59. The molecule has 1 amide bonds. The van der Waals surface area contributed by atoms with Crippen LogP contribution in [0.2, 0.25) is 0 Å². The van der Waals surface area contributed by atoms with Gasteiger partial charge in [0.15, 0.2) is 5.82 Å². The molecule has 8 heteroatoms. The average molecular weight is 513 g/mol. The molecular weight excluding hydrogens is 476 g/mol. The average Bonchev–Trinajstić information content (AvgIpc) is 3.31. The first-order valence-corrected chi connectivity index (χ1v) is 12.9. The van der Waals surface area contributed by atoms with Crippen LogP contribution in [0, 0.1) is 6.92 Å². The summed E-state index contributed by atoms with van der Waals surface area (Å²) in [5, 5.41) is 17.5. The highest BCUT2D eigenvalue weighted by atomic mass is 16.6. The van der Waals surface area contributed by atoms with Crippen molar-refractivity contribution in [2.24, 2.45) is 0 Å². The molecule has 0 aliphatic carbocycles. The number of alkyl carbamates (subject to hydrolysis) is 1. The lowest BCUT2D eigenvalue weighted by Gasteiger charge is -2.19. The summed E-state index contributed by atoms with van der Waals surface area (Å²) in [6.45, 7) is 9.43. The molecule has 38 heavy (non-hydrogen) atoms. The number of carbonyl (C=O) groups excluding carboxylic acids is 1. The lowest BCUT2D eigenvalue weighted by Crippen LogP contribution is -2.33. The van der Waals surface area contributed by atoms with Gasteiger partial charge in [-0.25, -0.2) is 9.78 Å². The Morgan fingerprint density at radius 3 is 2.45 bits per heavy atom. The first-order valence-electron chi connectivity index (χ1n) is 12.9.